The number of hydrogen-bond acceptors (Lipinski definition) is 3. The van der Waals surface area contributed by atoms with Crippen molar-refractivity contribution >= 4 is 22.9 Å². The molecule has 3 nitrogen and oxygen atoms in total. The highest BCUT2D eigenvalue weighted by Gasteiger charge is 2.22. The van der Waals surface area contributed by atoms with E-state index in [1.807, 2.05) is 42.5 Å². The fraction of sp³-hybridized carbons (Fsp3) is 0.357. The fourth-order valence-corrected chi connectivity index (χ4v) is 1.88. The molecule has 0 spiro atoms. The Balaban J connectivity index is 2.37. The van der Waals surface area contributed by atoms with E-state index in [1.165, 1.54) is 0 Å². The molecular weight excluding hydrogens is 250 g/mol. The Morgan fingerprint density at radius 2 is 2.06 bits per heavy atom. The maximum atomic E-state index is 11.0. The van der Waals surface area contributed by atoms with Gasteiger partial charge in [-0.15, -0.1) is 0 Å². The molecule has 0 aliphatic rings. The van der Waals surface area contributed by atoms with E-state index in [1.54, 1.807) is 0 Å². The van der Waals surface area contributed by atoms with Gasteiger partial charge in [0.1, 0.15) is 0 Å². The molecular formula is C14H18ClNO2. The van der Waals surface area contributed by atoms with Crippen LogP contribution in [0.25, 0.3) is 6.08 Å². The molecule has 0 aliphatic heterocycles. The molecule has 0 bridgehead atoms. The number of nitrogens with two attached hydrogens (primary N) is 1. The second kappa shape index (κ2) is 8.03. The van der Waals surface area contributed by atoms with Crippen molar-refractivity contribution in [1.82, 2.24) is 0 Å². The van der Waals surface area contributed by atoms with E-state index in [2.05, 4.69) is 0 Å². The van der Waals surface area contributed by atoms with E-state index in [-0.39, 0.29) is 6.61 Å². The summed E-state index contributed by atoms with van der Waals surface area (Å²) in [4.78, 5) is 11.0. The summed E-state index contributed by atoms with van der Waals surface area (Å²) in [7, 11) is 0. The summed E-state index contributed by atoms with van der Waals surface area (Å²) in [6.07, 6.45) is 5.37. The average molecular weight is 268 g/mol. The monoisotopic (exact) mass is 267 g/mol. The van der Waals surface area contributed by atoms with Gasteiger partial charge in [0, 0.05) is 6.04 Å². The Morgan fingerprint density at radius 3 is 2.61 bits per heavy atom. The van der Waals surface area contributed by atoms with Gasteiger partial charge in [0.25, 0.3) is 0 Å². The van der Waals surface area contributed by atoms with Crippen LogP contribution in [0.3, 0.4) is 0 Å². The quantitative estimate of drug-likeness (QED) is 0.745. The standard InChI is InChI=1S/C14H18ClNO2/c15-14(18)12(10-17)13(16)9-5-4-8-11-6-2-1-3-7-11/h1-4,6-8,12-13,17H,5,9-10,16H2. The molecule has 0 saturated heterocycles. The van der Waals surface area contributed by atoms with E-state index in [9.17, 15) is 4.79 Å². The maximum Gasteiger partial charge on any atom is 0.228 e. The molecule has 1 aromatic carbocycles. The van der Waals surface area contributed by atoms with E-state index < -0.39 is 17.2 Å². The molecule has 0 radical (unpaired) electrons. The van der Waals surface area contributed by atoms with E-state index in [4.69, 9.17) is 22.4 Å². The van der Waals surface area contributed by atoms with Gasteiger partial charge in [0.15, 0.2) is 0 Å². The summed E-state index contributed by atoms with van der Waals surface area (Å²) in [6.45, 7) is -0.300. The molecule has 0 fully saturated rings. The van der Waals surface area contributed by atoms with E-state index in [0.717, 1.165) is 12.0 Å². The molecule has 2 unspecified atom stereocenters. The molecule has 0 amide bonds. The van der Waals surface area contributed by atoms with Gasteiger partial charge < -0.3 is 10.8 Å². The summed E-state index contributed by atoms with van der Waals surface area (Å²) < 4.78 is 0. The second-order valence-corrected chi connectivity index (χ2v) is 4.52. The van der Waals surface area contributed by atoms with Gasteiger partial charge in [0.05, 0.1) is 12.5 Å². The van der Waals surface area contributed by atoms with E-state index in [0.29, 0.717) is 6.42 Å². The third-order valence-corrected chi connectivity index (χ3v) is 3.06. The summed E-state index contributed by atoms with van der Waals surface area (Å²) in [5.74, 6) is -0.670. The van der Waals surface area contributed by atoms with Gasteiger partial charge in [-0.2, -0.15) is 0 Å². The van der Waals surface area contributed by atoms with Crippen LogP contribution in [0.15, 0.2) is 36.4 Å². The van der Waals surface area contributed by atoms with Gasteiger partial charge in [-0.1, -0.05) is 42.5 Å². The Morgan fingerprint density at radius 1 is 1.39 bits per heavy atom. The minimum Gasteiger partial charge on any atom is -0.396 e. The number of rotatable bonds is 7. The summed E-state index contributed by atoms with van der Waals surface area (Å²) in [6, 6.07) is 9.52. The number of carbonyl (C=O) groups excluding carboxylic acids is 1. The first-order valence-corrected chi connectivity index (χ1v) is 6.30. The van der Waals surface area contributed by atoms with Crippen molar-refractivity contribution in [2.75, 3.05) is 6.61 Å². The number of hydrogen-bond donors (Lipinski definition) is 2. The first-order valence-electron chi connectivity index (χ1n) is 5.92. The van der Waals surface area contributed by atoms with Crippen LogP contribution in [0.4, 0.5) is 0 Å². The third-order valence-electron chi connectivity index (χ3n) is 2.78. The Kier molecular flexibility index (Phi) is 6.65. The molecule has 3 N–H and O–H groups in total. The van der Waals surface area contributed by atoms with Crippen LogP contribution in [-0.2, 0) is 4.79 Å². The van der Waals surface area contributed by atoms with Crippen LogP contribution in [-0.4, -0.2) is 23.0 Å². The lowest BCUT2D eigenvalue weighted by atomic mass is 9.98. The molecule has 0 saturated carbocycles. The van der Waals surface area contributed by atoms with Crippen molar-refractivity contribution in [1.29, 1.82) is 0 Å². The van der Waals surface area contributed by atoms with Crippen LogP contribution in [0.1, 0.15) is 18.4 Å². The van der Waals surface area contributed by atoms with Gasteiger partial charge in [-0.25, -0.2) is 0 Å². The molecule has 0 heterocycles. The van der Waals surface area contributed by atoms with Crippen LogP contribution < -0.4 is 5.73 Å². The number of benzene rings is 1. The molecule has 4 heteroatoms. The number of aliphatic hydroxyl groups is 1. The minimum absolute atomic E-state index is 0.300. The highest BCUT2D eigenvalue weighted by Crippen LogP contribution is 2.12. The largest absolute Gasteiger partial charge is 0.396 e. The lowest BCUT2D eigenvalue weighted by molar-refractivity contribution is -0.116. The van der Waals surface area contributed by atoms with Crippen molar-refractivity contribution in [2.24, 2.45) is 11.7 Å². The van der Waals surface area contributed by atoms with Crippen LogP contribution in [0.5, 0.6) is 0 Å². The Bertz CT molecular complexity index is 392. The first-order chi connectivity index (χ1) is 8.65. The van der Waals surface area contributed by atoms with Gasteiger partial charge >= 0.3 is 0 Å². The van der Waals surface area contributed by atoms with Crippen LogP contribution in [0.2, 0.25) is 0 Å². The predicted octanol–water partition coefficient (Wildman–Crippen LogP) is 2.18. The summed E-state index contributed by atoms with van der Waals surface area (Å²) in [5.41, 5.74) is 6.93. The average Bonchev–Trinajstić information content (AvgIpc) is 2.36. The van der Waals surface area contributed by atoms with Crippen molar-refractivity contribution < 1.29 is 9.90 Å². The lowest BCUT2D eigenvalue weighted by Gasteiger charge is -2.17. The number of carbonyl (C=O) groups is 1. The topological polar surface area (TPSA) is 63.3 Å². The van der Waals surface area contributed by atoms with Crippen LogP contribution >= 0.6 is 11.6 Å². The molecule has 98 valence electrons. The lowest BCUT2D eigenvalue weighted by Crippen LogP contribution is -2.36. The molecule has 0 aromatic heterocycles. The molecule has 0 aliphatic carbocycles. The van der Waals surface area contributed by atoms with Gasteiger partial charge in [-0.3, -0.25) is 4.79 Å². The molecule has 18 heavy (non-hydrogen) atoms. The van der Waals surface area contributed by atoms with Crippen molar-refractivity contribution in [3.8, 4) is 0 Å². The Labute approximate surface area is 112 Å². The summed E-state index contributed by atoms with van der Waals surface area (Å²) in [5, 5.41) is 8.43. The fourth-order valence-electron chi connectivity index (χ4n) is 1.65. The Hall–Kier alpha value is -1.16. The minimum atomic E-state index is -0.670. The zero-order valence-electron chi connectivity index (χ0n) is 10.1. The number of halogens is 1. The molecule has 1 rings (SSSR count). The molecule has 2 atom stereocenters. The first kappa shape index (κ1) is 14.9. The maximum absolute atomic E-state index is 11.0. The van der Waals surface area contributed by atoms with Crippen LogP contribution in [0, 0.1) is 5.92 Å². The predicted molar refractivity (Wildman–Crippen MR) is 74.1 cm³/mol. The smallest absolute Gasteiger partial charge is 0.228 e. The highest BCUT2D eigenvalue weighted by atomic mass is 35.5. The summed E-state index contributed by atoms with van der Waals surface area (Å²) >= 11 is 5.35. The third kappa shape index (κ3) is 5.00. The zero-order valence-corrected chi connectivity index (χ0v) is 10.9. The van der Waals surface area contributed by atoms with Crippen molar-refractivity contribution in [3.63, 3.8) is 0 Å². The van der Waals surface area contributed by atoms with Gasteiger partial charge in [0.2, 0.25) is 5.24 Å². The zero-order chi connectivity index (χ0) is 13.4. The number of aliphatic hydroxyl groups excluding tert-OH is 1. The van der Waals surface area contributed by atoms with Crippen molar-refractivity contribution in [2.45, 2.75) is 18.9 Å². The molecule has 1 aromatic rings. The van der Waals surface area contributed by atoms with Gasteiger partial charge in [-0.05, 0) is 30.0 Å². The normalized spacial score (nSPS) is 14.6. The number of allylic oxidation sites excluding steroid dienone is 1. The highest BCUT2D eigenvalue weighted by molar-refractivity contribution is 6.64. The SMILES string of the molecule is NC(CCC=Cc1ccccc1)C(CO)C(=O)Cl. The van der Waals surface area contributed by atoms with Crippen molar-refractivity contribution in [3.05, 3.63) is 42.0 Å². The second-order valence-electron chi connectivity index (χ2n) is 4.15. The van der Waals surface area contributed by atoms with E-state index >= 15 is 0 Å².